The second-order valence-corrected chi connectivity index (χ2v) is 13.0. The number of β-amino-alcohol motifs (C(OH)–C–C–N with tert-alkyl or cyclic N) is 1. The summed E-state index contributed by atoms with van der Waals surface area (Å²) in [6.45, 7) is 10.1. The number of ether oxygens (including phenoxy) is 2. The molecule has 43 heavy (non-hydrogen) atoms. The highest BCUT2D eigenvalue weighted by atomic mass is 19.1. The Morgan fingerprint density at radius 3 is 2.91 bits per heavy atom. The molecule has 3 atom stereocenters. The fourth-order valence-electron chi connectivity index (χ4n) is 7.70. The van der Waals surface area contributed by atoms with Crippen LogP contribution >= 0.6 is 0 Å². The van der Waals surface area contributed by atoms with Crippen LogP contribution in [0, 0.1) is 18.2 Å². The molecule has 1 aromatic heterocycles. The number of terminal acetylenes is 1. The van der Waals surface area contributed by atoms with Crippen molar-refractivity contribution in [3.05, 3.63) is 64.6 Å². The average Bonchev–Trinajstić information content (AvgIpc) is 3.50. The second-order valence-electron chi connectivity index (χ2n) is 13.0. The van der Waals surface area contributed by atoms with E-state index in [-0.39, 0.29) is 17.7 Å². The van der Waals surface area contributed by atoms with Crippen LogP contribution in [0.2, 0.25) is 0 Å². The third-order valence-electron chi connectivity index (χ3n) is 9.65. The third kappa shape index (κ3) is 5.01. The number of aliphatic hydroxyl groups is 1. The van der Waals surface area contributed by atoms with Crippen LogP contribution in [0.4, 0.5) is 15.9 Å². The van der Waals surface area contributed by atoms with Crippen LogP contribution in [-0.2, 0) is 17.8 Å². The van der Waals surface area contributed by atoms with Gasteiger partial charge in [-0.1, -0.05) is 24.1 Å². The third-order valence-corrected chi connectivity index (χ3v) is 9.65. The average molecular weight is 584 g/mol. The van der Waals surface area contributed by atoms with Gasteiger partial charge in [0, 0.05) is 42.7 Å². The van der Waals surface area contributed by atoms with Gasteiger partial charge in [-0.2, -0.15) is 9.97 Å². The minimum atomic E-state index is -0.821. The molecule has 4 aliphatic rings. The summed E-state index contributed by atoms with van der Waals surface area (Å²) >= 11 is 0. The minimum Gasteiger partial charge on any atom is -0.461 e. The molecule has 0 radical (unpaired) electrons. The lowest BCUT2D eigenvalue weighted by molar-refractivity contribution is 0.0252. The number of hydrogen-bond acceptors (Lipinski definition) is 8. The molecule has 7 rings (SSSR count). The van der Waals surface area contributed by atoms with Gasteiger partial charge in [0.2, 0.25) is 0 Å². The molecule has 0 aliphatic carbocycles. The highest BCUT2D eigenvalue weighted by molar-refractivity contribution is 5.94. The molecular formula is C34H38FN5O3. The van der Waals surface area contributed by atoms with Crippen molar-refractivity contribution in [2.75, 3.05) is 43.4 Å². The van der Waals surface area contributed by atoms with Crippen molar-refractivity contribution in [2.45, 2.75) is 69.3 Å². The van der Waals surface area contributed by atoms with Gasteiger partial charge in [0.05, 0.1) is 35.1 Å². The first kappa shape index (κ1) is 28.1. The zero-order valence-electron chi connectivity index (χ0n) is 24.7. The summed E-state index contributed by atoms with van der Waals surface area (Å²) in [6.07, 6.45) is 10.4. The topological polar surface area (TPSA) is 97.0 Å². The van der Waals surface area contributed by atoms with Gasteiger partial charge in [-0.15, -0.1) is 6.42 Å². The Labute approximate surface area is 251 Å². The molecule has 3 fully saturated rings. The number of benzene rings is 2. The quantitative estimate of drug-likeness (QED) is 0.254. The molecule has 4 aliphatic heterocycles. The van der Waals surface area contributed by atoms with Crippen molar-refractivity contribution in [1.29, 1.82) is 0 Å². The molecule has 3 N–H and O–H groups in total. The van der Waals surface area contributed by atoms with Crippen LogP contribution in [0.1, 0.15) is 67.5 Å². The number of aromatic nitrogens is 2. The molecule has 0 bridgehead atoms. The Morgan fingerprint density at radius 1 is 1.26 bits per heavy atom. The summed E-state index contributed by atoms with van der Waals surface area (Å²) in [4.78, 5) is 14.5. The summed E-state index contributed by atoms with van der Waals surface area (Å²) in [5.41, 5.74) is 9.83. The molecule has 2 aromatic carbocycles. The van der Waals surface area contributed by atoms with E-state index >= 15 is 0 Å². The number of rotatable bonds is 5. The number of nitrogens with two attached hydrogens (primary N) is 1. The largest absolute Gasteiger partial charge is 0.461 e. The smallest absolute Gasteiger partial charge is 0.318 e. The fourth-order valence-corrected chi connectivity index (χ4v) is 7.70. The van der Waals surface area contributed by atoms with Crippen molar-refractivity contribution < 1.29 is 19.0 Å². The number of nitrogens with zero attached hydrogens (tertiary/aromatic N) is 4. The predicted molar refractivity (Wildman–Crippen MR) is 164 cm³/mol. The number of anilines is 2. The van der Waals surface area contributed by atoms with Gasteiger partial charge in [0.15, 0.2) is 0 Å². The van der Waals surface area contributed by atoms with Crippen LogP contribution in [-0.4, -0.2) is 63.9 Å². The second kappa shape index (κ2) is 10.5. The van der Waals surface area contributed by atoms with Crippen LogP contribution in [0.15, 0.2) is 36.4 Å². The first-order valence-corrected chi connectivity index (χ1v) is 15.2. The van der Waals surface area contributed by atoms with Gasteiger partial charge >= 0.3 is 6.01 Å². The number of piperidine rings is 1. The van der Waals surface area contributed by atoms with Crippen molar-refractivity contribution >= 4 is 22.3 Å². The summed E-state index contributed by atoms with van der Waals surface area (Å²) < 4.78 is 27.7. The molecule has 5 heterocycles. The molecule has 0 unspecified atom stereocenters. The Morgan fingerprint density at radius 2 is 2.09 bits per heavy atom. The maximum absolute atomic E-state index is 14.8. The molecule has 0 amide bonds. The zero-order valence-corrected chi connectivity index (χ0v) is 24.7. The summed E-state index contributed by atoms with van der Waals surface area (Å²) in [6, 6.07) is 7.01. The molecule has 8 nitrogen and oxygen atoms in total. The van der Waals surface area contributed by atoms with E-state index in [1.165, 1.54) is 11.6 Å². The molecule has 3 aromatic rings. The van der Waals surface area contributed by atoms with E-state index < -0.39 is 17.5 Å². The first-order chi connectivity index (χ1) is 20.6. The van der Waals surface area contributed by atoms with Crippen LogP contribution < -0.4 is 15.4 Å². The van der Waals surface area contributed by atoms with Crippen molar-refractivity contribution in [3.63, 3.8) is 0 Å². The van der Waals surface area contributed by atoms with E-state index in [0.717, 1.165) is 79.8 Å². The van der Waals surface area contributed by atoms with E-state index in [1.54, 1.807) is 12.1 Å². The summed E-state index contributed by atoms with van der Waals surface area (Å²) in [5, 5.41) is 12.3. The lowest BCUT2D eigenvalue weighted by Gasteiger charge is -2.39. The van der Waals surface area contributed by atoms with E-state index in [0.29, 0.717) is 36.7 Å². The minimum absolute atomic E-state index is 0.0624. The summed E-state index contributed by atoms with van der Waals surface area (Å²) in [5.74, 6) is 2.82. The highest BCUT2D eigenvalue weighted by Crippen LogP contribution is 2.43. The Kier molecular flexibility index (Phi) is 6.84. The fraction of sp³-hybridized carbons (Fsp3) is 0.471. The van der Waals surface area contributed by atoms with Gasteiger partial charge in [-0.05, 0) is 74.7 Å². The molecule has 0 spiro atoms. The molecule has 0 saturated carbocycles. The first-order valence-electron chi connectivity index (χ1n) is 15.2. The van der Waals surface area contributed by atoms with Gasteiger partial charge in [-0.3, -0.25) is 4.90 Å². The van der Waals surface area contributed by atoms with Gasteiger partial charge in [0.1, 0.15) is 18.2 Å². The monoisotopic (exact) mass is 583 g/mol. The van der Waals surface area contributed by atoms with Crippen molar-refractivity contribution in [3.8, 4) is 18.4 Å². The maximum atomic E-state index is 14.8. The summed E-state index contributed by atoms with van der Waals surface area (Å²) in [7, 11) is 0. The zero-order chi connectivity index (χ0) is 29.9. The lowest BCUT2D eigenvalue weighted by Crippen LogP contribution is -2.47. The predicted octanol–water partition coefficient (Wildman–Crippen LogP) is 4.67. The van der Waals surface area contributed by atoms with Crippen LogP contribution in [0.25, 0.3) is 10.8 Å². The number of fused-ring (bicyclic) bond motifs is 3. The van der Waals surface area contributed by atoms with E-state index in [1.807, 2.05) is 13.0 Å². The molecule has 224 valence electrons. The van der Waals surface area contributed by atoms with E-state index in [2.05, 4.69) is 22.3 Å². The normalized spacial score (nSPS) is 27.3. The number of hydrogen-bond donors (Lipinski definition) is 2. The van der Waals surface area contributed by atoms with E-state index in [9.17, 15) is 9.50 Å². The van der Waals surface area contributed by atoms with Crippen LogP contribution in [0.5, 0.6) is 6.01 Å². The van der Waals surface area contributed by atoms with Gasteiger partial charge in [-0.25, -0.2) is 4.39 Å². The maximum Gasteiger partial charge on any atom is 0.318 e. The molecule has 3 saturated heterocycles. The highest BCUT2D eigenvalue weighted by Gasteiger charge is 2.46. The SMILES string of the molecule is C#Cc1c(F)ccc2cc(N)cc([C@@H]3Cc4nc(OC[C@@]56CCCN5CC(=C)C6)nc(N5CCC[C@@](C)(O)C5)c4CO3)c12. The Bertz CT molecular complexity index is 1670. The Balaban J connectivity index is 1.27. The molecular weight excluding hydrogens is 545 g/mol. The van der Waals surface area contributed by atoms with Gasteiger partial charge in [0.25, 0.3) is 0 Å². The molecule has 9 heteroatoms. The number of halogens is 1. The number of nitrogen functional groups attached to an aromatic ring is 1. The van der Waals surface area contributed by atoms with Crippen molar-refractivity contribution in [1.82, 2.24) is 14.9 Å². The van der Waals surface area contributed by atoms with Crippen molar-refractivity contribution in [2.24, 2.45) is 0 Å². The van der Waals surface area contributed by atoms with E-state index in [4.69, 9.17) is 31.6 Å². The van der Waals surface area contributed by atoms with Gasteiger partial charge < -0.3 is 25.2 Å². The lowest BCUT2D eigenvalue weighted by atomic mass is 9.91. The Hall–Kier alpha value is -3.71. The standard InChI is InChI=1S/C34H38FN5O3/c1-4-24-27(35)8-7-22-13-23(36)14-25(30(22)24)29-15-28-26(18-42-29)31(39-11-5-9-33(3,41)19-39)38-32(37-28)43-20-34-10-6-12-40(34)17-21(2)16-34/h1,7-8,13-14,29,41H,2,5-6,9-12,15-20,36H2,3H3/t29-,33+,34-/m0/s1. The van der Waals surface area contributed by atoms with Crippen LogP contribution in [0.3, 0.4) is 0 Å².